The van der Waals surface area contributed by atoms with Crippen molar-refractivity contribution >= 4 is 45.1 Å². The Balaban J connectivity index is 2.93. The van der Waals surface area contributed by atoms with Crippen LogP contribution in [0.15, 0.2) is 27.4 Å². The van der Waals surface area contributed by atoms with E-state index in [-0.39, 0.29) is 5.56 Å². The van der Waals surface area contributed by atoms with Crippen LogP contribution >= 0.6 is 39.1 Å². The van der Waals surface area contributed by atoms with E-state index in [0.717, 1.165) is 0 Å². The van der Waals surface area contributed by atoms with E-state index in [2.05, 4.69) is 15.9 Å². The van der Waals surface area contributed by atoms with E-state index >= 15 is 0 Å². The predicted molar refractivity (Wildman–Crippen MR) is 58.9 cm³/mol. The summed E-state index contributed by atoms with van der Waals surface area (Å²) in [6.45, 7) is 0.346. The first-order valence-electron chi connectivity index (χ1n) is 3.58. The highest BCUT2D eigenvalue weighted by Gasteiger charge is 2.09. The largest absolute Gasteiger partial charge is 0.478 e. The van der Waals surface area contributed by atoms with Crippen LogP contribution in [-0.4, -0.2) is 15.6 Å². The van der Waals surface area contributed by atoms with Gasteiger partial charge in [0.15, 0.2) is 0 Å². The number of rotatable bonds is 3. The molecule has 0 saturated carbocycles. The standard InChI is InChI=1S/C8H6BrCl2NO2/c9-7-1-5(8(13)14)3-12(7)4-6(11)2-10/h1-3H,4H2,(H,13,14)/b6-2-. The van der Waals surface area contributed by atoms with Crippen LogP contribution in [0, 0.1) is 0 Å². The van der Waals surface area contributed by atoms with Crippen molar-refractivity contribution in [3.8, 4) is 0 Å². The molecule has 0 radical (unpaired) electrons. The molecule has 0 fully saturated rings. The van der Waals surface area contributed by atoms with Gasteiger partial charge in [-0.15, -0.1) is 0 Å². The van der Waals surface area contributed by atoms with Gasteiger partial charge in [0.25, 0.3) is 0 Å². The Morgan fingerprint density at radius 3 is 2.79 bits per heavy atom. The maximum atomic E-state index is 10.6. The van der Waals surface area contributed by atoms with Crippen molar-refractivity contribution in [2.24, 2.45) is 0 Å². The molecule has 0 aliphatic rings. The number of aromatic carboxylic acids is 1. The van der Waals surface area contributed by atoms with Crippen LogP contribution in [-0.2, 0) is 6.54 Å². The molecule has 14 heavy (non-hydrogen) atoms. The third kappa shape index (κ3) is 2.77. The summed E-state index contributed by atoms with van der Waals surface area (Å²) in [7, 11) is 0. The lowest BCUT2D eigenvalue weighted by atomic mass is 10.4. The summed E-state index contributed by atoms with van der Waals surface area (Å²) >= 11 is 14.3. The quantitative estimate of drug-likeness (QED) is 0.930. The Kier molecular flexibility index (Phi) is 4.04. The lowest BCUT2D eigenvalue weighted by Crippen LogP contribution is -1.97. The molecule has 1 rings (SSSR count). The second-order valence-corrected chi connectivity index (χ2v) is 4.06. The molecule has 6 heteroatoms. The molecular formula is C8H6BrCl2NO2. The van der Waals surface area contributed by atoms with Gasteiger partial charge in [0.2, 0.25) is 0 Å². The zero-order chi connectivity index (χ0) is 10.7. The van der Waals surface area contributed by atoms with Crippen molar-refractivity contribution < 1.29 is 9.90 Å². The molecule has 0 aromatic carbocycles. The smallest absolute Gasteiger partial charge is 0.337 e. The van der Waals surface area contributed by atoms with Gasteiger partial charge in [-0.25, -0.2) is 4.79 Å². The average Bonchev–Trinajstić information content (AvgIpc) is 2.48. The number of aromatic nitrogens is 1. The third-order valence-electron chi connectivity index (χ3n) is 1.53. The van der Waals surface area contributed by atoms with E-state index in [9.17, 15) is 4.79 Å². The van der Waals surface area contributed by atoms with Crippen LogP contribution in [0.5, 0.6) is 0 Å². The van der Waals surface area contributed by atoms with Crippen molar-refractivity contribution in [2.45, 2.75) is 6.54 Å². The van der Waals surface area contributed by atoms with Gasteiger partial charge in [0.05, 0.1) is 16.7 Å². The molecule has 0 atom stereocenters. The van der Waals surface area contributed by atoms with Crippen LogP contribution in [0.1, 0.15) is 10.4 Å². The molecule has 0 spiro atoms. The first-order chi connectivity index (χ1) is 6.54. The van der Waals surface area contributed by atoms with E-state index in [1.165, 1.54) is 17.8 Å². The van der Waals surface area contributed by atoms with Crippen molar-refractivity contribution in [3.05, 3.63) is 33.0 Å². The van der Waals surface area contributed by atoms with Gasteiger partial charge in [-0.3, -0.25) is 0 Å². The number of nitrogens with zero attached hydrogens (tertiary/aromatic N) is 1. The minimum absolute atomic E-state index is 0.205. The monoisotopic (exact) mass is 297 g/mol. The summed E-state index contributed by atoms with van der Waals surface area (Å²) in [4.78, 5) is 10.6. The van der Waals surface area contributed by atoms with Gasteiger partial charge < -0.3 is 9.67 Å². The Bertz CT molecular complexity index is 387. The number of hydrogen-bond acceptors (Lipinski definition) is 1. The fourth-order valence-corrected chi connectivity index (χ4v) is 1.59. The number of hydrogen-bond donors (Lipinski definition) is 1. The van der Waals surface area contributed by atoms with Gasteiger partial charge in [0, 0.05) is 16.8 Å². The molecule has 0 aliphatic carbocycles. The topological polar surface area (TPSA) is 42.2 Å². The van der Waals surface area contributed by atoms with E-state index in [0.29, 0.717) is 16.2 Å². The second kappa shape index (κ2) is 4.87. The van der Waals surface area contributed by atoms with Crippen molar-refractivity contribution in [1.29, 1.82) is 0 Å². The van der Waals surface area contributed by atoms with Crippen LogP contribution in [0.4, 0.5) is 0 Å². The van der Waals surface area contributed by atoms with Gasteiger partial charge in [-0.2, -0.15) is 0 Å². The fourth-order valence-electron chi connectivity index (χ4n) is 0.913. The summed E-state index contributed by atoms with van der Waals surface area (Å²) in [5.74, 6) is -0.976. The minimum Gasteiger partial charge on any atom is -0.478 e. The highest BCUT2D eigenvalue weighted by molar-refractivity contribution is 9.10. The lowest BCUT2D eigenvalue weighted by Gasteiger charge is -2.01. The number of carboxylic acid groups (broad SMARTS) is 1. The molecular weight excluding hydrogens is 293 g/mol. The first kappa shape index (κ1) is 11.6. The Hall–Kier alpha value is -0.450. The van der Waals surface area contributed by atoms with Crippen molar-refractivity contribution in [3.63, 3.8) is 0 Å². The highest BCUT2D eigenvalue weighted by Crippen LogP contribution is 2.18. The van der Waals surface area contributed by atoms with Gasteiger partial charge in [-0.05, 0) is 22.0 Å². The zero-order valence-electron chi connectivity index (χ0n) is 6.88. The van der Waals surface area contributed by atoms with E-state index in [4.69, 9.17) is 28.3 Å². The molecule has 1 heterocycles. The Morgan fingerprint density at radius 1 is 1.71 bits per heavy atom. The molecule has 3 nitrogen and oxygen atoms in total. The second-order valence-electron chi connectivity index (χ2n) is 2.54. The molecule has 1 aromatic heterocycles. The predicted octanol–water partition coefficient (Wildman–Crippen LogP) is 3.27. The van der Waals surface area contributed by atoms with Crippen LogP contribution in [0.2, 0.25) is 0 Å². The molecule has 0 unspecified atom stereocenters. The molecule has 76 valence electrons. The van der Waals surface area contributed by atoms with Crippen LogP contribution < -0.4 is 0 Å². The van der Waals surface area contributed by atoms with Gasteiger partial charge >= 0.3 is 5.97 Å². The van der Waals surface area contributed by atoms with E-state index in [1.807, 2.05) is 0 Å². The summed E-state index contributed by atoms with van der Waals surface area (Å²) in [5, 5.41) is 9.14. The maximum Gasteiger partial charge on any atom is 0.337 e. The summed E-state index contributed by atoms with van der Waals surface area (Å²) in [5.41, 5.74) is 1.45. The molecule has 1 aromatic rings. The van der Waals surface area contributed by atoms with Crippen molar-refractivity contribution in [1.82, 2.24) is 4.57 Å². The number of carbonyl (C=O) groups is 1. The van der Waals surface area contributed by atoms with E-state index in [1.54, 1.807) is 4.57 Å². The summed E-state index contributed by atoms with van der Waals surface area (Å²) in [6.07, 6.45) is 1.48. The van der Waals surface area contributed by atoms with Crippen LogP contribution in [0.25, 0.3) is 0 Å². The summed E-state index contributed by atoms with van der Waals surface area (Å²) < 4.78 is 2.29. The van der Waals surface area contributed by atoms with Crippen molar-refractivity contribution in [2.75, 3.05) is 0 Å². The zero-order valence-corrected chi connectivity index (χ0v) is 9.97. The molecule has 1 N–H and O–H groups in total. The first-order valence-corrected chi connectivity index (χ1v) is 5.19. The van der Waals surface area contributed by atoms with Gasteiger partial charge in [0.1, 0.15) is 0 Å². The fraction of sp³-hybridized carbons (Fsp3) is 0.125. The van der Waals surface area contributed by atoms with Crippen LogP contribution in [0.3, 0.4) is 0 Å². The molecule has 0 aliphatic heterocycles. The molecule has 0 bridgehead atoms. The van der Waals surface area contributed by atoms with E-state index < -0.39 is 5.97 Å². The SMILES string of the molecule is O=C(O)c1cc(Br)n(C/C(Cl)=C/Cl)c1. The lowest BCUT2D eigenvalue weighted by molar-refractivity contribution is 0.0697. The Labute approximate surface area is 99.1 Å². The van der Waals surface area contributed by atoms with Gasteiger partial charge in [-0.1, -0.05) is 23.2 Å². The number of halogens is 3. The molecule has 0 saturated heterocycles. The normalized spacial score (nSPS) is 11.8. The number of allylic oxidation sites excluding steroid dienone is 1. The third-order valence-corrected chi connectivity index (χ3v) is 2.82. The minimum atomic E-state index is -0.976. The molecule has 0 amide bonds. The highest BCUT2D eigenvalue weighted by atomic mass is 79.9. The summed E-state index contributed by atoms with van der Waals surface area (Å²) in [6, 6.07) is 1.50. The Morgan fingerprint density at radius 2 is 2.36 bits per heavy atom. The number of carboxylic acids is 1. The maximum absolute atomic E-state index is 10.6. The average molecular weight is 299 g/mol.